The highest BCUT2D eigenvalue weighted by molar-refractivity contribution is 5.95. The maximum absolute atomic E-state index is 14.0. The summed E-state index contributed by atoms with van der Waals surface area (Å²) in [5, 5.41) is 0.740. The molecule has 0 aliphatic carbocycles. The number of aromatic amines is 1. The molecule has 0 spiro atoms. The molecule has 0 saturated heterocycles. The fourth-order valence-electron chi connectivity index (χ4n) is 2.94. The van der Waals surface area contributed by atoms with Crippen LogP contribution in [-0.4, -0.2) is 9.55 Å². The standard InChI is InChI=1S/C20H14F2N2O2/c1-24-11-15(14-8-9-23-19(14)20(24)25)13-4-2-3-5-17(13)26-18-7-6-12(21)10-16(18)22/h2-11,23H,1H3. The number of pyridine rings is 1. The maximum Gasteiger partial charge on any atom is 0.274 e. The topological polar surface area (TPSA) is 47.0 Å². The van der Waals surface area contributed by atoms with Crippen LogP contribution in [0.4, 0.5) is 8.78 Å². The third-order valence-electron chi connectivity index (χ3n) is 4.19. The summed E-state index contributed by atoms with van der Waals surface area (Å²) in [4.78, 5) is 15.2. The summed E-state index contributed by atoms with van der Waals surface area (Å²) in [6.45, 7) is 0. The molecule has 0 atom stereocenters. The van der Waals surface area contributed by atoms with Gasteiger partial charge in [-0.3, -0.25) is 4.79 Å². The highest BCUT2D eigenvalue weighted by atomic mass is 19.1. The van der Waals surface area contributed by atoms with Crippen molar-refractivity contribution in [1.82, 2.24) is 9.55 Å². The number of aryl methyl sites for hydroxylation is 1. The van der Waals surface area contributed by atoms with Crippen molar-refractivity contribution in [1.29, 1.82) is 0 Å². The number of H-pyrrole nitrogens is 1. The van der Waals surface area contributed by atoms with Crippen LogP contribution in [0.5, 0.6) is 11.5 Å². The number of hydrogen-bond donors (Lipinski definition) is 1. The summed E-state index contributed by atoms with van der Waals surface area (Å²) in [7, 11) is 1.66. The number of nitrogens with zero attached hydrogens (tertiary/aromatic N) is 1. The van der Waals surface area contributed by atoms with Gasteiger partial charge in [0.2, 0.25) is 0 Å². The minimum Gasteiger partial charge on any atom is -0.454 e. The van der Waals surface area contributed by atoms with E-state index >= 15 is 0 Å². The molecule has 26 heavy (non-hydrogen) atoms. The number of hydrogen-bond acceptors (Lipinski definition) is 2. The van der Waals surface area contributed by atoms with Gasteiger partial charge < -0.3 is 14.3 Å². The van der Waals surface area contributed by atoms with Crippen LogP contribution in [0.2, 0.25) is 0 Å². The molecule has 0 radical (unpaired) electrons. The number of ether oxygens (including phenoxy) is 1. The second-order valence-electron chi connectivity index (χ2n) is 5.90. The van der Waals surface area contributed by atoms with Gasteiger partial charge >= 0.3 is 0 Å². The van der Waals surface area contributed by atoms with Crippen molar-refractivity contribution in [3.8, 4) is 22.6 Å². The van der Waals surface area contributed by atoms with Crippen LogP contribution in [-0.2, 0) is 7.05 Å². The Kier molecular flexibility index (Phi) is 3.80. The molecule has 0 bridgehead atoms. The molecule has 0 aliphatic rings. The number of benzene rings is 2. The zero-order chi connectivity index (χ0) is 18.3. The molecule has 0 fully saturated rings. The minimum absolute atomic E-state index is 0.0750. The van der Waals surface area contributed by atoms with E-state index in [4.69, 9.17) is 4.74 Å². The number of fused-ring (bicyclic) bond motifs is 1. The van der Waals surface area contributed by atoms with Crippen LogP contribution < -0.4 is 10.3 Å². The van der Waals surface area contributed by atoms with Crippen molar-refractivity contribution in [2.24, 2.45) is 7.05 Å². The molecule has 130 valence electrons. The van der Waals surface area contributed by atoms with E-state index in [9.17, 15) is 13.6 Å². The summed E-state index contributed by atoms with van der Waals surface area (Å²) in [5.41, 5.74) is 1.79. The first-order valence-corrected chi connectivity index (χ1v) is 7.93. The lowest BCUT2D eigenvalue weighted by Crippen LogP contribution is -2.16. The van der Waals surface area contributed by atoms with Crippen LogP contribution in [0.15, 0.2) is 65.7 Å². The Balaban J connectivity index is 1.88. The predicted molar refractivity (Wildman–Crippen MR) is 95.4 cm³/mol. The third-order valence-corrected chi connectivity index (χ3v) is 4.19. The van der Waals surface area contributed by atoms with Crippen LogP contribution >= 0.6 is 0 Å². The van der Waals surface area contributed by atoms with E-state index in [1.165, 1.54) is 10.6 Å². The smallest absolute Gasteiger partial charge is 0.274 e. The van der Waals surface area contributed by atoms with Crippen molar-refractivity contribution >= 4 is 10.9 Å². The van der Waals surface area contributed by atoms with Gasteiger partial charge in [-0.1, -0.05) is 18.2 Å². The zero-order valence-electron chi connectivity index (χ0n) is 13.8. The molecule has 0 unspecified atom stereocenters. The molecule has 2 aromatic carbocycles. The van der Waals surface area contributed by atoms with Gasteiger partial charge in [-0.15, -0.1) is 0 Å². The van der Waals surface area contributed by atoms with Gasteiger partial charge in [0, 0.05) is 42.0 Å². The monoisotopic (exact) mass is 352 g/mol. The molecular formula is C20H14F2N2O2. The molecule has 0 amide bonds. The average molecular weight is 352 g/mol. The molecule has 0 aliphatic heterocycles. The summed E-state index contributed by atoms with van der Waals surface area (Å²) in [6, 6.07) is 12.1. The first kappa shape index (κ1) is 16.1. The van der Waals surface area contributed by atoms with Gasteiger partial charge in [0.1, 0.15) is 17.1 Å². The molecule has 4 rings (SSSR count). The fourth-order valence-corrected chi connectivity index (χ4v) is 2.94. The average Bonchev–Trinajstić information content (AvgIpc) is 3.11. The first-order chi connectivity index (χ1) is 12.5. The predicted octanol–water partition coefficient (Wildman–Crippen LogP) is 4.60. The van der Waals surface area contributed by atoms with E-state index in [-0.39, 0.29) is 11.3 Å². The minimum atomic E-state index is -0.785. The van der Waals surface area contributed by atoms with Gasteiger partial charge in [0.15, 0.2) is 11.6 Å². The third kappa shape index (κ3) is 2.65. The molecule has 0 saturated carbocycles. The van der Waals surface area contributed by atoms with Crippen molar-refractivity contribution in [3.05, 3.63) is 82.9 Å². The molecular weight excluding hydrogens is 338 g/mol. The zero-order valence-corrected chi connectivity index (χ0v) is 13.8. The van der Waals surface area contributed by atoms with E-state index in [1.54, 1.807) is 37.6 Å². The summed E-state index contributed by atoms with van der Waals surface area (Å²) in [6.07, 6.45) is 3.40. The van der Waals surface area contributed by atoms with Gasteiger partial charge in [-0.25, -0.2) is 8.78 Å². The van der Waals surface area contributed by atoms with E-state index in [0.717, 1.165) is 23.1 Å². The van der Waals surface area contributed by atoms with Gasteiger partial charge in [-0.05, 0) is 24.3 Å². The van der Waals surface area contributed by atoms with Crippen molar-refractivity contribution < 1.29 is 13.5 Å². The SMILES string of the molecule is Cn1cc(-c2ccccc2Oc2ccc(F)cc2F)c2cc[nH]c2c1=O. The molecule has 4 aromatic rings. The lowest BCUT2D eigenvalue weighted by atomic mass is 10.0. The summed E-state index contributed by atoms with van der Waals surface area (Å²) in [5.74, 6) is -1.13. The number of rotatable bonds is 3. The maximum atomic E-state index is 14.0. The first-order valence-electron chi connectivity index (χ1n) is 7.93. The second-order valence-corrected chi connectivity index (χ2v) is 5.90. The quantitative estimate of drug-likeness (QED) is 0.586. The van der Waals surface area contributed by atoms with Crippen LogP contribution in [0.3, 0.4) is 0 Å². The number of aromatic nitrogens is 2. The van der Waals surface area contributed by atoms with E-state index in [0.29, 0.717) is 16.8 Å². The Hall–Kier alpha value is -3.41. The number of nitrogens with one attached hydrogen (secondary N) is 1. The van der Waals surface area contributed by atoms with Crippen molar-refractivity contribution in [2.45, 2.75) is 0 Å². The van der Waals surface area contributed by atoms with E-state index in [1.807, 2.05) is 12.1 Å². The van der Waals surface area contributed by atoms with E-state index < -0.39 is 11.6 Å². The highest BCUT2D eigenvalue weighted by Crippen LogP contribution is 2.36. The lowest BCUT2D eigenvalue weighted by molar-refractivity contribution is 0.439. The summed E-state index contributed by atoms with van der Waals surface area (Å²) >= 11 is 0. The number of halogens is 2. The Bertz CT molecular complexity index is 1180. The molecule has 2 aromatic heterocycles. The normalized spacial score (nSPS) is 11.0. The van der Waals surface area contributed by atoms with Crippen LogP contribution in [0, 0.1) is 11.6 Å². The Labute approximate surface area is 147 Å². The van der Waals surface area contributed by atoms with Crippen molar-refractivity contribution in [2.75, 3.05) is 0 Å². The fraction of sp³-hybridized carbons (Fsp3) is 0.0500. The Morgan fingerprint density at radius 3 is 2.62 bits per heavy atom. The molecule has 1 N–H and O–H groups in total. The molecule has 2 heterocycles. The molecule has 6 heteroatoms. The van der Waals surface area contributed by atoms with E-state index in [2.05, 4.69) is 4.98 Å². The Morgan fingerprint density at radius 1 is 1.00 bits per heavy atom. The second kappa shape index (κ2) is 6.15. The van der Waals surface area contributed by atoms with Gasteiger partial charge in [0.05, 0.1) is 0 Å². The van der Waals surface area contributed by atoms with Gasteiger partial charge in [0.25, 0.3) is 5.56 Å². The highest BCUT2D eigenvalue weighted by Gasteiger charge is 2.15. The Morgan fingerprint density at radius 2 is 1.81 bits per heavy atom. The van der Waals surface area contributed by atoms with Crippen LogP contribution in [0.1, 0.15) is 0 Å². The summed E-state index contributed by atoms with van der Waals surface area (Å²) < 4.78 is 34.3. The number of para-hydroxylation sites is 1. The largest absolute Gasteiger partial charge is 0.454 e. The van der Waals surface area contributed by atoms with Crippen LogP contribution in [0.25, 0.3) is 22.0 Å². The molecule has 4 nitrogen and oxygen atoms in total. The van der Waals surface area contributed by atoms with Gasteiger partial charge in [-0.2, -0.15) is 0 Å². The van der Waals surface area contributed by atoms with Crippen molar-refractivity contribution in [3.63, 3.8) is 0 Å². The lowest BCUT2D eigenvalue weighted by Gasteiger charge is -2.13.